The van der Waals surface area contributed by atoms with E-state index in [1.54, 1.807) is 0 Å². The van der Waals surface area contributed by atoms with Gasteiger partial charge in [0.2, 0.25) is 5.03 Å². The zero-order valence-corrected chi connectivity index (χ0v) is 9.11. The van der Waals surface area contributed by atoms with E-state index in [2.05, 4.69) is 4.98 Å². The van der Waals surface area contributed by atoms with E-state index < -0.39 is 36.8 Å². The number of aromatic nitrogens is 1. The van der Waals surface area contributed by atoms with Gasteiger partial charge in [0, 0.05) is 16.9 Å². The highest BCUT2D eigenvalue weighted by molar-refractivity contribution is 8.13. The second-order valence-electron chi connectivity index (χ2n) is 2.41. The molecular formula is C6H3Cl2F2NO3S. The maximum atomic E-state index is 12.3. The van der Waals surface area contributed by atoms with Crippen LogP contribution in [0.2, 0.25) is 5.02 Å². The first kappa shape index (κ1) is 12.4. The fraction of sp³-hybridized carbons (Fsp3) is 0.167. The summed E-state index contributed by atoms with van der Waals surface area (Å²) in [5, 5.41) is 7.61. The lowest BCUT2D eigenvalue weighted by atomic mass is 10.2. The number of halogens is 4. The van der Waals surface area contributed by atoms with E-state index in [4.69, 9.17) is 22.3 Å². The predicted octanol–water partition coefficient (Wildman–Crippen LogP) is 2.31. The van der Waals surface area contributed by atoms with Crippen LogP contribution in [0.25, 0.3) is 0 Å². The summed E-state index contributed by atoms with van der Waals surface area (Å²) in [4.78, 5) is 3.16. The van der Waals surface area contributed by atoms with Gasteiger partial charge in [0.25, 0.3) is 15.5 Å². The fourth-order valence-electron chi connectivity index (χ4n) is 0.860. The molecule has 0 saturated carbocycles. The van der Waals surface area contributed by atoms with Crippen molar-refractivity contribution < 1.29 is 22.3 Å². The molecule has 0 atom stereocenters. The van der Waals surface area contributed by atoms with E-state index in [0.29, 0.717) is 6.20 Å². The van der Waals surface area contributed by atoms with Gasteiger partial charge in [0.15, 0.2) is 5.75 Å². The second-order valence-corrected chi connectivity index (χ2v) is 5.30. The number of nitrogens with zero attached hydrogens (tertiary/aromatic N) is 1. The first-order chi connectivity index (χ1) is 6.75. The van der Waals surface area contributed by atoms with E-state index in [0.717, 1.165) is 0 Å². The lowest BCUT2D eigenvalue weighted by molar-refractivity contribution is 0.146. The number of rotatable bonds is 2. The molecule has 0 aliphatic heterocycles. The van der Waals surface area contributed by atoms with Crippen LogP contribution in [0.3, 0.4) is 0 Å². The molecule has 1 rings (SSSR count). The van der Waals surface area contributed by atoms with Gasteiger partial charge in [-0.15, -0.1) is 0 Å². The summed E-state index contributed by atoms with van der Waals surface area (Å²) in [5.74, 6) is -1.23. The molecule has 0 aromatic carbocycles. The van der Waals surface area contributed by atoms with E-state index in [1.807, 2.05) is 0 Å². The van der Waals surface area contributed by atoms with Crippen LogP contribution in [0, 0.1) is 0 Å². The summed E-state index contributed by atoms with van der Waals surface area (Å²) in [6.45, 7) is 0. The van der Waals surface area contributed by atoms with Crippen LogP contribution in [0.15, 0.2) is 11.2 Å². The van der Waals surface area contributed by atoms with E-state index >= 15 is 0 Å². The molecular weight excluding hydrogens is 275 g/mol. The van der Waals surface area contributed by atoms with Gasteiger partial charge < -0.3 is 5.11 Å². The Hall–Kier alpha value is -0.660. The first-order valence-electron chi connectivity index (χ1n) is 3.35. The summed E-state index contributed by atoms with van der Waals surface area (Å²) in [6, 6.07) is 0. The molecule has 0 aliphatic carbocycles. The molecule has 4 nitrogen and oxygen atoms in total. The Labute approximate surface area is 92.9 Å². The number of hydrogen-bond acceptors (Lipinski definition) is 4. The third-order valence-electron chi connectivity index (χ3n) is 1.46. The van der Waals surface area contributed by atoms with Gasteiger partial charge in [0.1, 0.15) is 0 Å². The summed E-state index contributed by atoms with van der Waals surface area (Å²) < 4.78 is 46.3. The SMILES string of the molecule is O=S(=O)(Cl)c1ncc(Cl)c(C(F)F)c1O. The quantitative estimate of drug-likeness (QED) is 0.843. The Morgan fingerprint density at radius 1 is 1.47 bits per heavy atom. The molecule has 0 amide bonds. The third-order valence-corrected chi connectivity index (χ3v) is 2.96. The van der Waals surface area contributed by atoms with Crippen LogP contribution in [-0.2, 0) is 9.05 Å². The van der Waals surface area contributed by atoms with Crippen molar-refractivity contribution in [2.45, 2.75) is 11.5 Å². The molecule has 0 spiro atoms. The minimum Gasteiger partial charge on any atom is -0.504 e. The second kappa shape index (κ2) is 4.07. The average molecular weight is 278 g/mol. The van der Waals surface area contributed by atoms with Gasteiger partial charge in [-0.3, -0.25) is 0 Å². The Bertz CT molecular complexity index is 491. The van der Waals surface area contributed by atoms with Gasteiger partial charge in [-0.25, -0.2) is 22.2 Å². The molecule has 1 heterocycles. The van der Waals surface area contributed by atoms with Crippen LogP contribution in [0.5, 0.6) is 5.75 Å². The Kier molecular flexibility index (Phi) is 3.37. The van der Waals surface area contributed by atoms with Crippen LogP contribution in [0.1, 0.15) is 12.0 Å². The Balaban J connectivity index is 3.56. The van der Waals surface area contributed by atoms with Gasteiger partial charge in [-0.1, -0.05) is 11.6 Å². The maximum Gasteiger partial charge on any atom is 0.282 e. The molecule has 0 saturated heterocycles. The maximum absolute atomic E-state index is 12.3. The number of hydrogen-bond donors (Lipinski definition) is 1. The molecule has 1 N–H and O–H groups in total. The highest BCUT2D eigenvalue weighted by atomic mass is 35.7. The monoisotopic (exact) mass is 277 g/mol. The zero-order valence-electron chi connectivity index (χ0n) is 6.79. The standard InChI is InChI=1S/C6H3Cl2F2NO3S/c7-2-1-11-6(15(8,13)14)4(12)3(2)5(9)10/h1,5,12H. The predicted molar refractivity (Wildman–Crippen MR) is 48.9 cm³/mol. The Morgan fingerprint density at radius 2 is 2.00 bits per heavy atom. The zero-order chi connectivity index (χ0) is 11.8. The van der Waals surface area contributed by atoms with Crippen molar-refractivity contribution in [2.75, 3.05) is 0 Å². The lowest BCUT2D eigenvalue weighted by Crippen LogP contribution is -1.99. The van der Waals surface area contributed by atoms with E-state index in [1.165, 1.54) is 0 Å². The van der Waals surface area contributed by atoms with Gasteiger partial charge >= 0.3 is 0 Å². The van der Waals surface area contributed by atoms with Crippen molar-refractivity contribution in [2.24, 2.45) is 0 Å². The molecule has 0 unspecified atom stereocenters. The van der Waals surface area contributed by atoms with Gasteiger partial charge in [-0.05, 0) is 0 Å². The molecule has 1 aromatic rings. The molecule has 15 heavy (non-hydrogen) atoms. The van der Waals surface area contributed by atoms with Crippen molar-refractivity contribution in [3.05, 3.63) is 16.8 Å². The highest BCUT2D eigenvalue weighted by Gasteiger charge is 2.26. The summed E-state index contributed by atoms with van der Waals surface area (Å²) >= 11 is 5.31. The molecule has 0 fully saturated rings. The average Bonchev–Trinajstić information content (AvgIpc) is 2.00. The van der Waals surface area contributed by atoms with E-state index in [9.17, 15) is 22.3 Å². The number of aromatic hydroxyl groups is 1. The van der Waals surface area contributed by atoms with Gasteiger partial charge in [0.05, 0.1) is 10.6 Å². The highest BCUT2D eigenvalue weighted by Crippen LogP contribution is 2.38. The summed E-state index contributed by atoms with van der Waals surface area (Å²) in [6.07, 6.45) is -2.45. The molecule has 0 aliphatic rings. The third kappa shape index (κ3) is 2.47. The summed E-state index contributed by atoms with van der Waals surface area (Å²) in [7, 11) is 0.467. The number of alkyl halides is 2. The smallest absolute Gasteiger partial charge is 0.282 e. The Morgan fingerprint density at radius 3 is 2.40 bits per heavy atom. The van der Waals surface area contributed by atoms with Crippen molar-refractivity contribution in [1.82, 2.24) is 4.98 Å². The molecule has 0 bridgehead atoms. The number of pyridine rings is 1. The van der Waals surface area contributed by atoms with Crippen LogP contribution < -0.4 is 0 Å². The van der Waals surface area contributed by atoms with Crippen molar-refractivity contribution in [3.63, 3.8) is 0 Å². The van der Waals surface area contributed by atoms with Crippen LogP contribution >= 0.6 is 22.3 Å². The molecule has 9 heteroatoms. The molecule has 84 valence electrons. The van der Waals surface area contributed by atoms with Crippen LogP contribution in [0.4, 0.5) is 8.78 Å². The molecule has 1 aromatic heterocycles. The van der Waals surface area contributed by atoms with Crippen molar-refractivity contribution in [1.29, 1.82) is 0 Å². The van der Waals surface area contributed by atoms with Crippen LogP contribution in [-0.4, -0.2) is 18.5 Å². The topological polar surface area (TPSA) is 67.3 Å². The minimum atomic E-state index is -4.39. The molecule has 0 radical (unpaired) electrons. The van der Waals surface area contributed by atoms with E-state index in [-0.39, 0.29) is 0 Å². The fourth-order valence-corrected chi connectivity index (χ4v) is 1.94. The largest absolute Gasteiger partial charge is 0.504 e. The first-order valence-corrected chi connectivity index (χ1v) is 6.04. The van der Waals surface area contributed by atoms with Gasteiger partial charge in [-0.2, -0.15) is 0 Å². The van der Waals surface area contributed by atoms with Crippen molar-refractivity contribution in [3.8, 4) is 5.75 Å². The lowest BCUT2D eigenvalue weighted by Gasteiger charge is -2.07. The minimum absolute atomic E-state index is 0.536. The normalized spacial score (nSPS) is 12.1. The summed E-state index contributed by atoms with van der Waals surface area (Å²) in [5.41, 5.74) is -1.01. The van der Waals surface area contributed by atoms with Crippen molar-refractivity contribution >= 4 is 31.3 Å².